The molecule has 0 saturated heterocycles. The average molecular weight is 374 g/mol. The molecule has 0 aliphatic heterocycles. The van der Waals surface area contributed by atoms with Gasteiger partial charge in [0.15, 0.2) is 0 Å². The van der Waals surface area contributed by atoms with Crippen LogP contribution < -0.4 is 10.1 Å². The molecule has 0 unspecified atom stereocenters. The van der Waals surface area contributed by atoms with Gasteiger partial charge >= 0.3 is 0 Å². The van der Waals surface area contributed by atoms with Gasteiger partial charge in [0.1, 0.15) is 12.4 Å². The maximum Gasteiger partial charge on any atom is 0.243 e. The van der Waals surface area contributed by atoms with E-state index in [1.54, 1.807) is 42.5 Å². The van der Waals surface area contributed by atoms with E-state index in [4.69, 9.17) is 4.74 Å². The number of benzene rings is 2. The quantitative estimate of drug-likeness (QED) is 0.721. The second-order valence-corrected chi connectivity index (χ2v) is 7.79. The fraction of sp³-hybridized carbons (Fsp3) is 0.211. The minimum absolute atomic E-state index is 0.151. The molecule has 7 heteroatoms. The Labute approximate surface area is 154 Å². The number of amides is 1. The van der Waals surface area contributed by atoms with Crippen molar-refractivity contribution in [2.24, 2.45) is 0 Å². The first kappa shape index (κ1) is 19.7. The van der Waals surface area contributed by atoms with Crippen LogP contribution in [0.25, 0.3) is 0 Å². The zero-order chi connectivity index (χ0) is 19.2. The van der Waals surface area contributed by atoms with Crippen molar-refractivity contribution >= 4 is 21.6 Å². The van der Waals surface area contributed by atoms with E-state index in [1.807, 2.05) is 6.92 Å². The Balaban J connectivity index is 2.02. The lowest BCUT2D eigenvalue weighted by molar-refractivity contribution is -0.116. The van der Waals surface area contributed by atoms with E-state index in [-0.39, 0.29) is 11.4 Å². The molecule has 26 heavy (non-hydrogen) atoms. The zero-order valence-corrected chi connectivity index (χ0v) is 15.6. The van der Waals surface area contributed by atoms with E-state index < -0.39 is 15.9 Å². The van der Waals surface area contributed by atoms with Crippen molar-refractivity contribution in [3.63, 3.8) is 0 Å². The van der Waals surface area contributed by atoms with Gasteiger partial charge in [-0.15, -0.1) is 0 Å². The summed E-state index contributed by atoms with van der Waals surface area (Å²) in [5.41, 5.74) is 1.49. The highest BCUT2D eigenvalue weighted by molar-refractivity contribution is 7.89. The zero-order valence-electron chi connectivity index (χ0n) is 14.8. The molecule has 0 radical (unpaired) electrons. The minimum Gasteiger partial charge on any atom is -0.489 e. The van der Waals surface area contributed by atoms with Gasteiger partial charge in [-0.05, 0) is 31.2 Å². The van der Waals surface area contributed by atoms with Crippen LogP contribution in [0.4, 0.5) is 5.69 Å². The van der Waals surface area contributed by atoms with Crippen molar-refractivity contribution in [1.82, 2.24) is 4.31 Å². The molecule has 0 bridgehead atoms. The highest BCUT2D eigenvalue weighted by Gasteiger charge is 2.22. The van der Waals surface area contributed by atoms with Gasteiger partial charge in [-0.1, -0.05) is 36.4 Å². The van der Waals surface area contributed by atoms with Gasteiger partial charge in [0.25, 0.3) is 0 Å². The van der Waals surface area contributed by atoms with Gasteiger partial charge in [-0.2, -0.15) is 4.31 Å². The van der Waals surface area contributed by atoms with Crippen LogP contribution in [0.5, 0.6) is 5.75 Å². The SMILES string of the molecule is C=CCOc1cccc(NC(=O)CN(C)S(=O)(=O)c2ccc(C)cc2)c1. The molecule has 2 rings (SSSR count). The topological polar surface area (TPSA) is 75.7 Å². The molecule has 0 aliphatic carbocycles. The summed E-state index contributed by atoms with van der Waals surface area (Å²) in [5.74, 6) is 0.146. The minimum atomic E-state index is -3.73. The molecule has 0 saturated carbocycles. The van der Waals surface area contributed by atoms with Crippen molar-refractivity contribution in [1.29, 1.82) is 0 Å². The van der Waals surface area contributed by atoms with Gasteiger partial charge in [0, 0.05) is 18.8 Å². The maximum atomic E-state index is 12.5. The third kappa shape index (κ3) is 5.18. The Hall–Kier alpha value is -2.64. The van der Waals surface area contributed by atoms with Crippen molar-refractivity contribution < 1.29 is 17.9 Å². The van der Waals surface area contributed by atoms with Crippen molar-refractivity contribution in [2.45, 2.75) is 11.8 Å². The lowest BCUT2D eigenvalue weighted by Gasteiger charge is -2.17. The van der Waals surface area contributed by atoms with Crippen LogP contribution in [0.3, 0.4) is 0 Å². The highest BCUT2D eigenvalue weighted by atomic mass is 32.2. The summed E-state index contributed by atoms with van der Waals surface area (Å²) >= 11 is 0. The number of ether oxygens (including phenoxy) is 1. The molecule has 0 spiro atoms. The number of carbonyl (C=O) groups is 1. The summed E-state index contributed by atoms with van der Waals surface area (Å²) < 4.78 is 31.5. The largest absolute Gasteiger partial charge is 0.489 e. The third-order valence-electron chi connectivity index (χ3n) is 3.58. The van der Waals surface area contributed by atoms with Gasteiger partial charge < -0.3 is 10.1 Å². The fourth-order valence-corrected chi connectivity index (χ4v) is 3.32. The number of nitrogens with one attached hydrogen (secondary N) is 1. The predicted octanol–water partition coefficient (Wildman–Crippen LogP) is 2.82. The van der Waals surface area contributed by atoms with E-state index in [9.17, 15) is 13.2 Å². The molecule has 6 nitrogen and oxygen atoms in total. The first-order valence-corrected chi connectivity index (χ1v) is 9.43. The van der Waals surface area contributed by atoms with E-state index in [2.05, 4.69) is 11.9 Å². The normalized spacial score (nSPS) is 11.2. The summed E-state index contributed by atoms with van der Waals surface area (Å²) in [6.07, 6.45) is 1.62. The first-order valence-electron chi connectivity index (χ1n) is 7.99. The number of nitrogens with zero attached hydrogens (tertiary/aromatic N) is 1. The molecule has 0 fully saturated rings. The molecule has 0 aliphatic rings. The van der Waals surface area contributed by atoms with Gasteiger partial charge in [0.2, 0.25) is 15.9 Å². The van der Waals surface area contributed by atoms with Crippen LogP contribution in [-0.4, -0.2) is 38.8 Å². The lowest BCUT2D eigenvalue weighted by atomic mass is 10.2. The second-order valence-electron chi connectivity index (χ2n) is 5.75. The smallest absolute Gasteiger partial charge is 0.243 e. The summed E-state index contributed by atoms with van der Waals surface area (Å²) in [4.78, 5) is 12.4. The molecule has 0 heterocycles. The number of likely N-dealkylation sites (N-methyl/N-ethyl adjacent to an activating group) is 1. The highest BCUT2D eigenvalue weighted by Crippen LogP contribution is 2.18. The number of aryl methyl sites for hydroxylation is 1. The number of carbonyl (C=O) groups excluding carboxylic acids is 1. The third-order valence-corrected chi connectivity index (χ3v) is 5.40. The van der Waals surface area contributed by atoms with E-state index in [0.29, 0.717) is 18.0 Å². The van der Waals surface area contributed by atoms with Gasteiger partial charge in [-0.25, -0.2) is 8.42 Å². The molecule has 0 aromatic heterocycles. The van der Waals surface area contributed by atoms with E-state index >= 15 is 0 Å². The van der Waals surface area contributed by atoms with Crippen LogP contribution in [-0.2, 0) is 14.8 Å². The summed E-state index contributed by atoms with van der Waals surface area (Å²) in [5, 5.41) is 2.67. The molecule has 138 valence electrons. The van der Waals surface area contributed by atoms with Crippen LogP contribution in [0.2, 0.25) is 0 Å². The Morgan fingerprint density at radius 2 is 1.92 bits per heavy atom. The number of hydrogen-bond acceptors (Lipinski definition) is 4. The average Bonchev–Trinajstić information content (AvgIpc) is 2.60. The predicted molar refractivity (Wildman–Crippen MR) is 102 cm³/mol. The maximum absolute atomic E-state index is 12.5. The summed E-state index contributed by atoms with van der Waals surface area (Å²) in [6, 6.07) is 13.3. The van der Waals surface area contributed by atoms with Crippen molar-refractivity contribution in [3.05, 3.63) is 66.7 Å². The molecular weight excluding hydrogens is 352 g/mol. The number of rotatable bonds is 8. The van der Waals surface area contributed by atoms with Crippen LogP contribution >= 0.6 is 0 Å². The van der Waals surface area contributed by atoms with Gasteiger partial charge in [0.05, 0.1) is 11.4 Å². The van der Waals surface area contributed by atoms with Crippen LogP contribution in [0, 0.1) is 6.92 Å². The molecule has 1 N–H and O–H groups in total. The van der Waals surface area contributed by atoms with Crippen molar-refractivity contribution in [2.75, 3.05) is 25.5 Å². The Morgan fingerprint density at radius 1 is 1.23 bits per heavy atom. The fourth-order valence-electron chi connectivity index (χ4n) is 2.20. The molecule has 0 atom stereocenters. The number of anilines is 1. The Bertz CT molecular complexity index is 877. The monoisotopic (exact) mass is 374 g/mol. The molecule has 1 amide bonds. The van der Waals surface area contributed by atoms with Gasteiger partial charge in [-0.3, -0.25) is 4.79 Å². The second kappa shape index (κ2) is 8.64. The molecule has 2 aromatic carbocycles. The van der Waals surface area contributed by atoms with Crippen LogP contribution in [0.1, 0.15) is 5.56 Å². The number of hydrogen-bond donors (Lipinski definition) is 1. The summed E-state index contributed by atoms with van der Waals surface area (Å²) in [7, 11) is -2.35. The Kier molecular flexibility index (Phi) is 6.54. The van der Waals surface area contributed by atoms with Crippen LogP contribution in [0.15, 0.2) is 66.1 Å². The lowest BCUT2D eigenvalue weighted by Crippen LogP contribution is -2.34. The first-order chi connectivity index (χ1) is 12.3. The summed E-state index contributed by atoms with van der Waals surface area (Å²) in [6.45, 7) is 5.51. The molecule has 2 aromatic rings. The standard InChI is InChI=1S/C19H22N2O4S/c1-4-12-25-17-7-5-6-16(13-17)20-19(22)14-21(3)26(23,24)18-10-8-15(2)9-11-18/h4-11,13H,1,12,14H2,2-3H3,(H,20,22). The Morgan fingerprint density at radius 3 is 2.58 bits per heavy atom. The molecular formula is C19H22N2O4S. The van der Waals surface area contributed by atoms with E-state index in [0.717, 1.165) is 9.87 Å². The van der Waals surface area contributed by atoms with Crippen molar-refractivity contribution in [3.8, 4) is 5.75 Å². The van der Waals surface area contributed by atoms with E-state index in [1.165, 1.54) is 19.2 Å². The number of sulfonamides is 1.